The van der Waals surface area contributed by atoms with Gasteiger partial charge in [-0.05, 0) is 12.8 Å². The van der Waals surface area contributed by atoms with E-state index in [2.05, 4.69) is 15.7 Å². The van der Waals surface area contributed by atoms with Crippen LogP contribution in [0.2, 0.25) is 0 Å². The van der Waals surface area contributed by atoms with Crippen LogP contribution in [-0.2, 0) is 14.3 Å². The number of amides is 2. The number of hydrogen-bond acceptors (Lipinski definition) is 4. The second-order valence-corrected chi connectivity index (χ2v) is 4.87. The van der Waals surface area contributed by atoms with Gasteiger partial charge in [0.05, 0.1) is 24.5 Å². The molecule has 0 saturated carbocycles. The Morgan fingerprint density at radius 2 is 2.42 bits per heavy atom. The summed E-state index contributed by atoms with van der Waals surface area (Å²) in [7, 11) is 0. The highest BCUT2D eigenvalue weighted by atomic mass is 16.5. The predicted molar refractivity (Wildman–Crippen MR) is 66.5 cm³/mol. The minimum Gasteiger partial charge on any atom is -0.379 e. The van der Waals surface area contributed by atoms with Crippen LogP contribution in [-0.4, -0.2) is 40.9 Å². The third kappa shape index (κ3) is 2.60. The standard InChI is InChI=1S/C12H16N4O3/c17-11-2-1-10(15-11)12(18)14-8-5-13-16(6-8)9-3-4-19-7-9/h5-6,9-10H,1-4,7H2,(H,14,18)(H,15,17)/t9-,10-/m1/s1. The third-order valence-electron chi connectivity index (χ3n) is 3.46. The first-order chi connectivity index (χ1) is 9.22. The third-order valence-corrected chi connectivity index (χ3v) is 3.46. The minimum absolute atomic E-state index is 0.0704. The molecule has 2 aliphatic heterocycles. The van der Waals surface area contributed by atoms with E-state index < -0.39 is 6.04 Å². The molecule has 2 fully saturated rings. The number of anilines is 1. The van der Waals surface area contributed by atoms with Gasteiger partial charge in [-0.1, -0.05) is 0 Å². The fourth-order valence-corrected chi connectivity index (χ4v) is 2.37. The number of hydrogen-bond donors (Lipinski definition) is 2. The quantitative estimate of drug-likeness (QED) is 0.808. The predicted octanol–water partition coefficient (Wildman–Crippen LogP) is 0.0616. The lowest BCUT2D eigenvalue weighted by Gasteiger charge is -2.09. The van der Waals surface area contributed by atoms with Gasteiger partial charge in [0.15, 0.2) is 0 Å². The van der Waals surface area contributed by atoms with Gasteiger partial charge in [-0.25, -0.2) is 0 Å². The van der Waals surface area contributed by atoms with E-state index in [1.807, 2.05) is 4.68 Å². The Balaban J connectivity index is 1.60. The van der Waals surface area contributed by atoms with Crippen LogP contribution < -0.4 is 10.6 Å². The smallest absolute Gasteiger partial charge is 0.247 e. The zero-order chi connectivity index (χ0) is 13.2. The average Bonchev–Trinajstić information content (AvgIpc) is 3.07. The molecule has 0 aromatic carbocycles. The van der Waals surface area contributed by atoms with Gasteiger partial charge in [-0.15, -0.1) is 0 Å². The van der Waals surface area contributed by atoms with E-state index in [9.17, 15) is 9.59 Å². The molecule has 1 aromatic rings. The van der Waals surface area contributed by atoms with Crippen molar-refractivity contribution in [2.75, 3.05) is 18.5 Å². The van der Waals surface area contributed by atoms with Crippen LogP contribution in [0.4, 0.5) is 5.69 Å². The molecule has 7 nitrogen and oxygen atoms in total. The molecule has 2 N–H and O–H groups in total. The Bertz CT molecular complexity index is 493. The van der Waals surface area contributed by atoms with Crippen molar-refractivity contribution in [3.63, 3.8) is 0 Å². The summed E-state index contributed by atoms with van der Waals surface area (Å²) in [5, 5.41) is 9.64. The van der Waals surface area contributed by atoms with Gasteiger partial charge in [0.25, 0.3) is 0 Å². The normalized spacial score (nSPS) is 26.4. The van der Waals surface area contributed by atoms with E-state index in [-0.39, 0.29) is 17.9 Å². The number of ether oxygens (including phenoxy) is 1. The van der Waals surface area contributed by atoms with Crippen molar-refractivity contribution in [1.29, 1.82) is 0 Å². The van der Waals surface area contributed by atoms with Gasteiger partial charge in [0, 0.05) is 19.2 Å². The number of nitrogens with zero attached hydrogens (tertiary/aromatic N) is 2. The lowest BCUT2D eigenvalue weighted by Crippen LogP contribution is -2.37. The van der Waals surface area contributed by atoms with Crippen LogP contribution in [0.1, 0.15) is 25.3 Å². The maximum absolute atomic E-state index is 11.9. The van der Waals surface area contributed by atoms with Crippen molar-refractivity contribution in [2.45, 2.75) is 31.3 Å². The van der Waals surface area contributed by atoms with E-state index in [0.29, 0.717) is 25.1 Å². The monoisotopic (exact) mass is 264 g/mol. The molecule has 102 valence electrons. The van der Waals surface area contributed by atoms with Crippen LogP contribution in [0.3, 0.4) is 0 Å². The Morgan fingerprint density at radius 1 is 1.53 bits per heavy atom. The topological polar surface area (TPSA) is 85.2 Å². The Labute approximate surface area is 110 Å². The molecule has 7 heteroatoms. The van der Waals surface area contributed by atoms with Gasteiger partial charge in [-0.2, -0.15) is 5.10 Å². The van der Waals surface area contributed by atoms with E-state index in [4.69, 9.17) is 4.74 Å². The van der Waals surface area contributed by atoms with Crippen molar-refractivity contribution in [3.05, 3.63) is 12.4 Å². The highest BCUT2D eigenvalue weighted by Gasteiger charge is 2.27. The molecule has 3 rings (SSSR count). The minimum atomic E-state index is -0.425. The molecule has 19 heavy (non-hydrogen) atoms. The summed E-state index contributed by atoms with van der Waals surface area (Å²) in [4.78, 5) is 23.0. The second-order valence-electron chi connectivity index (χ2n) is 4.87. The Morgan fingerprint density at radius 3 is 3.11 bits per heavy atom. The zero-order valence-corrected chi connectivity index (χ0v) is 10.5. The fraction of sp³-hybridized carbons (Fsp3) is 0.583. The molecule has 1 aromatic heterocycles. The van der Waals surface area contributed by atoms with Crippen molar-refractivity contribution < 1.29 is 14.3 Å². The highest BCUT2D eigenvalue weighted by Crippen LogP contribution is 2.20. The molecule has 2 aliphatic rings. The number of nitrogens with one attached hydrogen (secondary N) is 2. The number of aromatic nitrogens is 2. The average molecular weight is 264 g/mol. The van der Waals surface area contributed by atoms with Crippen molar-refractivity contribution >= 4 is 17.5 Å². The van der Waals surface area contributed by atoms with E-state index >= 15 is 0 Å². The largest absolute Gasteiger partial charge is 0.379 e. The lowest BCUT2D eigenvalue weighted by atomic mass is 10.2. The fourth-order valence-electron chi connectivity index (χ4n) is 2.37. The summed E-state index contributed by atoms with van der Waals surface area (Å²) in [5.74, 6) is -0.257. The molecule has 0 aliphatic carbocycles. The molecule has 0 radical (unpaired) electrons. The van der Waals surface area contributed by atoms with E-state index in [0.717, 1.165) is 13.0 Å². The maximum atomic E-state index is 11.9. The molecular weight excluding hydrogens is 248 g/mol. The van der Waals surface area contributed by atoms with Gasteiger partial charge in [0.2, 0.25) is 11.8 Å². The summed E-state index contributed by atoms with van der Waals surface area (Å²) in [5.41, 5.74) is 0.651. The Hall–Kier alpha value is -1.89. The summed E-state index contributed by atoms with van der Waals surface area (Å²) < 4.78 is 7.11. The van der Waals surface area contributed by atoms with Gasteiger partial charge < -0.3 is 15.4 Å². The molecule has 0 unspecified atom stereocenters. The van der Waals surface area contributed by atoms with Gasteiger partial charge >= 0.3 is 0 Å². The van der Waals surface area contributed by atoms with Crippen LogP contribution in [0.5, 0.6) is 0 Å². The maximum Gasteiger partial charge on any atom is 0.247 e. The molecule has 2 atom stereocenters. The summed E-state index contributed by atoms with van der Waals surface area (Å²) in [6.07, 6.45) is 5.32. The molecule has 2 amide bonds. The Kier molecular flexibility index (Phi) is 3.20. The van der Waals surface area contributed by atoms with E-state index in [1.165, 1.54) is 0 Å². The SMILES string of the molecule is O=C1CC[C@H](C(=O)Nc2cnn([C@@H]3CCOC3)c2)N1. The highest BCUT2D eigenvalue weighted by molar-refractivity contribution is 5.98. The number of rotatable bonds is 3. The van der Waals surface area contributed by atoms with Crippen LogP contribution in [0.15, 0.2) is 12.4 Å². The molecule has 2 saturated heterocycles. The van der Waals surface area contributed by atoms with Gasteiger partial charge in [-0.3, -0.25) is 14.3 Å². The first-order valence-electron chi connectivity index (χ1n) is 6.44. The van der Waals surface area contributed by atoms with Crippen molar-refractivity contribution in [2.24, 2.45) is 0 Å². The molecule has 0 spiro atoms. The van der Waals surface area contributed by atoms with Crippen LogP contribution in [0, 0.1) is 0 Å². The molecule has 3 heterocycles. The van der Waals surface area contributed by atoms with E-state index in [1.54, 1.807) is 12.4 Å². The molecule has 0 bridgehead atoms. The summed E-state index contributed by atoms with van der Waals surface area (Å²) >= 11 is 0. The van der Waals surface area contributed by atoms with Crippen molar-refractivity contribution in [1.82, 2.24) is 15.1 Å². The number of carbonyl (C=O) groups excluding carboxylic acids is 2. The van der Waals surface area contributed by atoms with Crippen LogP contribution >= 0.6 is 0 Å². The lowest BCUT2D eigenvalue weighted by molar-refractivity contribution is -0.122. The van der Waals surface area contributed by atoms with Crippen LogP contribution in [0.25, 0.3) is 0 Å². The first-order valence-corrected chi connectivity index (χ1v) is 6.44. The van der Waals surface area contributed by atoms with Gasteiger partial charge in [0.1, 0.15) is 6.04 Å². The first kappa shape index (κ1) is 12.2. The number of carbonyl (C=O) groups is 2. The second kappa shape index (κ2) is 5.00. The molecular formula is C12H16N4O3. The van der Waals surface area contributed by atoms with Crippen molar-refractivity contribution in [3.8, 4) is 0 Å². The summed E-state index contributed by atoms with van der Waals surface area (Å²) in [6, 6.07) is -0.178. The summed E-state index contributed by atoms with van der Waals surface area (Å²) in [6.45, 7) is 1.41. The zero-order valence-electron chi connectivity index (χ0n) is 10.5.